The predicted octanol–water partition coefficient (Wildman–Crippen LogP) is 14.9. The second-order valence-electron chi connectivity index (χ2n) is 30.0. The molecule has 1 aliphatic heterocycles. The Kier molecular flexibility index (Phi) is 32.0. The molecule has 654 valence electrons. The Hall–Kier alpha value is -12.6. The van der Waals surface area contributed by atoms with Crippen molar-refractivity contribution in [3.05, 3.63) is 287 Å². The number of aryl methyl sites for hydroxylation is 4. The normalized spacial score (nSPS) is 12.7. The topological polar surface area (TPSA) is 393 Å². The summed E-state index contributed by atoms with van der Waals surface area (Å²) in [6.45, 7) is 6.65. The average molecular weight is 1820 g/mol. The van der Waals surface area contributed by atoms with E-state index in [1.807, 2.05) is 34.3 Å². The number of nitrogens with zero attached hydrogens (tertiary/aromatic N) is 3. The highest BCUT2D eigenvalue weighted by atomic mass is 32.1. The number of Topliss-reactive ketones (excluding diaryl/α,β-unsaturated/α-hetero) is 3. The summed E-state index contributed by atoms with van der Waals surface area (Å²) in [5, 5.41) is 81.1. The highest BCUT2D eigenvalue weighted by molar-refractivity contribution is 7.17. The summed E-state index contributed by atoms with van der Waals surface area (Å²) >= 11 is 7.67. The number of carbonyl (C=O) groups excluding carboxylic acids is 9. The lowest BCUT2D eigenvalue weighted by Gasteiger charge is -2.16. The van der Waals surface area contributed by atoms with Crippen molar-refractivity contribution in [3.8, 4) is 54.3 Å². The molecule has 0 saturated heterocycles. The van der Waals surface area contributed by atoms with Gasteiger partial charge in [-0.25, -0.2) is 0 Å². The number of aliphatic hydroxyl groups excluding tert-OH is 3. The first-order chi connectivity index (χ1) is 61.5. The molecule has 0 atom stereocenters. The smallest absolute Gasteiger partial charge is 0.261 e. The van der Waals surface area contributed by atoms with E-state index in [1.54, 1.807) is 130 Å². The van der Waals surface area contributed by atoms with Crippen LogP contribution in [0, 0.1) is 0 Å². The van der Waals surface area contributed by atoms with Crippen molar-refractivity contribution in [1.82, 2.24) is 31.9 Å². The quantitative estimate of drug-likeness (QED) is 0.0134. The second-order valence-corrected chi connectivity index (χ2v) is 35.9. The molecule has 3 aliphatic rings. The minimum Gasteiger partial charge on any atom is -0.506 e. The standard InChI is InChI=1S/C33H33N3O5S2.C32H31N3O5S2.C31H29N3O6S2/c1-20(26-19-42-31(30(26)39)25-11-10-22-4-2-3-5-24(22)16-25)35-18-27(38)28-12-13-29(43-28)33(41)36-17-21-6-8-23(9-7-21)32(40)34-14-15-37;1-19(25-18-41-30(29(25)38)24-10-9-21-3-2-4-23(21)15-24)34-17-26(37)27-11-12-28(42-27)32(40)35-16-20-5-7-22(8-6-20)31(39)33-13-14-36;1-18(23-17-41-29(28(23)37)22-6-7-25-21(14-22)10-13-40-25)33-16-24(36)26-8-9-27(42-26)31(39)34-15-19-2-4-20(5-3-19)30(38)32-11-12-35/h6-13,16,19,37,39H,2-5,14-15,17-18H2,1H3,(H,34,40)(H,36,41);5-12,15,18,36,38H,2-4,13-14,16-17H2,1H3,(H,33,39)(H,35,40);2-9,14,17,35,37H,10-13,15-16H2,1H3,(H,32,38)(H,34,39). The number of hydrogen-bond acceptors (Lipinski definition) is 25. The van der Waals surface area contributed by atoms with E-state index in [4.69, 9.17) is 20.1 Å². The number of carbonyl (C=O) groups is 9. The van der Waals surface area contributed by atoms with Crippen molar-refractivity contribution in [2.75, 3.05) is 65.7 Å². The molecule has 6 amide bonds. The number of ketones is 3. The summed E-state index contributed by atoms with van der Waals surface area (Å²) in [5.74, 6) is -0.982. The van der Waals surface area contributed by atoms with Crippen LogP contribution in [0.5, 0.6) is 23.0 Å². The van der Waals surface area contributed by atoms with E-state index in [0.29, 0.717) is 86.4 Å². The number of ether oxygens (including phenoxy) is 1. The molecule has 7 heterocycles. The van der Waals surface area contributed by atoms with Gasteiger partial charge in [0.15, 0.2) is 17.3 Å². The van der Waals surface area contributed by atoms with Gasteiger partial charge >= 0.3 is 0 Å². The first-order valence-electron chi connectivity index (χ1n) is 41.1. The zero-order valence-corrected chi connectivity index (χ0v) is 74.6. The molecule has 25 nitrogen and oxygen atoms in total. The molecule has 0 unspecified atom stereocenters. The van der Waals surface area contributed by atoms with Crippen LogP contribution >= 0.6 is 68.0 Å². The Balaban J connectivity index is 0.000000163. The number of aromatic hydroxyl groups is 3. The average Bonchev–Trinajstić information content (AvgIpc) is 1.68. The van der Waals surface area contributed by atoms with Crippen LogP contribution in [0.2, 0.25) is 0 Å². The van der Waals surface area contributed by atoms with Gasteiger partial charge in [-0.2, -0.15) is 0 Å². The lowest BCUT2D eigenvalue weighted by atomic mass is 9.90. The predicted molar refractivity (Wildman–Crippen MR) is 500 cm³/mol. The monoisotopic (exact) mass is 1820 g/mol. The zero-order chi connectivity index (χ0) is 89.6. The largest absolute Gasteiger partial charge is 0.506 e. The van der Waals surface area contributed by atoms with E-state index < -0.39 is 0 Å². The molecule has 12 N–H and O–H groups in total. The third-order valence-corrected chi connectivity index (χ3v) is 27.7. The lowest BCUT2D eigenvalue weighted by Crippen LogP contribution is -2.26. The van der Waals surface area contributed by atoms with Gasteiger partial charge in [-0.05, 0) is 230 Å². The van der Waals surface area contributed by atoms with E-state index in [0.717, 1.165) is 125 Å². The van der Waals surface area contributed by atoms with Crippen LogP contribution in [0.1, 0.15) is 190 Å². The van der Waals surface area contributed by atoms with Gasteiger partial charge in [0.2, 0.25) is 0 Å². The van der Waals surface area contributed by atoms with Crippen molar-refractivity contribution >= 4 is 138 Å². The first kappa shape index (κ1) is 92.1. The molecular weight excluding hydrogens is 1730 g/mol. The number of aliphatic hydroxyl groups is 3. The van der Waals surface area contributed by atoms with Gasteiger partial charge < -0.3 is 67.3 Å². The summed E-state index contributed by atoms with van der Waals surface area (Å²) in [4.78, 5) is 131. The van der Waals surface area contributed by atoms with Crippen LogP contribution in [-0.4, -0.2) is 166 Å². The summed E-state index contributed by atoms with van der Waals surface area (Å²) in [5.41, 5.74) is 16.9. The number of hydrogen-bond donors (Lipinski definition) is 12. The van der Waals surface area contributed by atoms with Gasteiger partial charge in [-0.1, -0.05) is 60.7 Å². The van der Waals surface area contributed by atoms with Gasteiger partial charge in [-0.3, -0.25) is 58.1 Å². The number of benzene rings is 6. The maximum atomic E-state index is 12.9. The van der Waals surface area contributed by atoms with E-state index in [9.17, 15) is 58.5 Å². The van der Waals surface area contributed by atoms with Gasteiger partial charge in [-0.15, -0.1) is 68.0 Å². The second kappa shape index (κ2) is 44.0. The minimum absolute atomic E-state index is 0.0882. The van der Waals surface area contributed by atoms with Gasteiger partial charge in [0.25, 0.3) is 35.4 Å². The SMILES string of the molecule is CC(=NCC(=O)c1ccc(C(=O)NCc2ccc(C(=O)NCCO)cc2)s1)c1csc(-c2ccc3c(c2)CCC3)c1O.CC(=NCC(=O)c1ccc(C(=O)NCc2ccc(C(=O)NCCO)cc2)s1)c1csc(-c2ccc3c(c2)CCCC3)c1O.CC(=NCC(=O)c1ccc(C(=O)NCc2ccc(C(=O)NCCO)cc2)s1)c1csc(-c2ccc3c(c2)CCO3)c1O. The van der Waals surface area contributed by atoms with Crippen LogP contribution in [0.4, 0.5) is 0 Å². The fraction of sp³-hybridized carbons (Fsp3) is 0.250. The molecule has 0 spiro atoms. The molecular formula is C96H93N9O16S6. The lowest BCUT2D eigenvalue weighted by molar-refractivity contribution is 0.0937. The summed E-state index contributed by atoms with van der Waals surface area (Å²) in [7, 11) is 0. The fourth-order valence-corrected chi connectivity index (χ4v) is 19.8. The van der Waals surface area contributed by atoms with Crippen molar-refractivity contribution in [2.45, 2.75) is 91.8 Å². The van der Waals surface area contributed by atoms with Crippen molar-refractivity contribution < 1.29 is 78.5 Å². The number of rotatable bonds is 33. The van der Waals surface area contributed by atoms with Crippen LogP contribution in [-0.2, 0) is 51.7 Å². The van der Waals surface area contributed by atoms with Crippen molar-refractivity contribution in [1.29, 1.82) is 0 Å². The Morgan fingerprint density at radius 1 is 0.339 bits per heavy atom. The van der Waals surface area contributed by atoms with Crippen LogP contribution in [0.25, 0.3) is 31.3 Å². The Bertz CT molecular complexity index is 5900. The van der Waals surface area contributed by atoms with Gasteiger partial charge in [0.1, 0.15) is 42.6 Å². The molecule has 6 aromatic heterocycles. The molecule has 0 bridgehead atoms. The fourth-order valence-electron chi connectivity index (χ4n) is 14.2. The number of nitrogens with one attached hydrogen (secondary N) is 6. The maximum Gasteiger partial charge on any atom is 0.261 e. The number of fused-ring (bicyclic) bond motifs is 3. The minimum atomic E-state index is -0.308. The van der Waals surface area contributed by atoms with Crippen molar-refractivity contribution in [3.63, 3.8) is 0 Å². The molecule has 127 heavy (non-hydrogen) atoms. The molecule has 0 fully saturated rings. The Morgan fingerprint density at radius 3 is 0.992 bits per heavy atom. The molecule has 12 aromatic rings. The molecule has 31 heteroatoms. The summed E-state index contributed by atoms with van der Waals surface area (Å²) < 4.78 is 5.57. The molecule has 6 aromatic carbocycles. The molecule has 0 radical (unpaired) electrons. The van der Waals surface area contributed by atoms with Crippen LogP contribution in [0.15, 0.2) is 195 Å². The summed E-state index contributed by atoms with van der Waals surface area (Å²) in [6.07, 6.45) is 8.79. The highest BCUT2D eigenvalue weighted by Crippen LogP contribution is 2.44. The molecule has 2 aliphatic carbocycles. The first-order valence-corrected chi connectivity index (χ1v) is 46.2. The Morgan fingerprint density at radius 2 is 0.646 bits per heavy atom. The van der Waals surface area contributed by atoms with E-state index in [-0.39, 0.29) is 149 Å². The highest BCUT2D eigenvalue weighted by Gasteiger charge is 2.25. The summed E-state index contributed by atoms with van der Waals surface area (Å²) in [6, 6.07) is 48.8. The maximum absolute atomic E-state index is 12.9. The molecule has 15 rings (SSSR count). The Labute approximate surface area is 756 Å². The number of aliphatic imine (C=N–C) groups is 3. The van der Waals surface area contributed by atoms with Crippen LogP contribution < -0.4 is 36.6 Å². The number of thiophene rings is 6. The van der Waals surface area contributed by atoms with Gasteiger partial charge in [0, 0.05) is 112 Å². The third-order valence-electron chi connectivity index (χ3n) is 21.3. The number of amides is 6. The van der Waals surface area contributed by atoms with Gasteiger partial charge in [0.05, 0.1) is 70.3 Å². The van der Waals surface area contributed by atoms with Crippen molar-refractivity contribution in [2.24, 2.45) is 15.0 Å². The van der Waals surface area contributed by atoms with E-state index in [1.165, 1.54) is 75.5 Å². The third kappa shape index (κ3) is 23.8. The zero-order valence-electron chi connectivity index (χ0n) is 69.7. The van der Waals surface area contributed by atoms with E-state index in [2.05, 4.69) is 83.3 Å². The molecule has 0 saturated carbocycles. The van der Waals surface area contributed by atoms with E-state index >= 15 is 0 Å². The van der Waals surface area contributed by atoms with Crippen LogP contribution in [0.3, 0.4) is 0 Å².